The largest absolute Gasteiger partial charge is 0.361 e. The van der Waals surface area contributed by atoms with E-state index in [1.165, 1.54) is 0 Å². The molecule has 0 saturated heterocycles. The summed E-state index contributed by atoms with van der Waals surface area (Å²) in [6, 6.07) is 28.7. The number of hydrogen-bond donors (Lipinski definition) is 2. The van der Waals surface area contributed by atoms with Crippen LogP contribution in [0, 0.1) is 13.8 Å². The van der Waals surface area contributed by atoms with Crippen LogP contribution in [0.4, 0.5) is 11.4 Å². The maximum absolute atomic E-state index is 13.8. The van der Waals surface area contributed by atoms with Gasteiger partial charge in [0.15, 0.2) is 0 Å². The summed E-state index contributed by atoms with van der Waals surface area (Å²) in [6.07, 6.45) is 1.67. The van der Waals surface area contributed by atoms with Crippen LogP contribution in [-0.2, 0) is 12.0 Å². The molecule has 0 aliphatic rings. The van der Waals surface area contributed by atoms with Crippen LogP contribution in [0.15, 0.2) is 95.6 Å². The monoisotopic (exact) mass is 554 g/mol. The van der Waals surface area contributed by atoms with Gasteiger partial charge in [-0.05, 0) is 58.9 Å². The van der Waals surface area contributed by atoms with Crippen molar-refractivity contribution in [3.05, 3.63) is 119 Å². The maximum Gasteiger partial charge on any atom is 0.255 e. The summed E-state index contributed by atoms with van der Waals surface area (Å²) in [5, 5.41) is 14.0. The van der Waals surface area contributed by atoms with Crippen LogP contribution in [0.25, 0.3) is 32.8 Å². The van der Waals surface area contributed by atoms with Crippen molar-refractivity contribution in [1.29, 1.82) is 0 Å². The Morgan fingerprint density at radius 2 is 1.64 bits per heavy atom. The normalized spacial score (nSPS) is 11.6. The van der Waals surface area contributed by atoms with E-state index in [1.807, 2.05) is 62.4 Å². The summed E-state index contributed by atoms with van der Waals surface area (Å²) in [5.41, 5.74) is 7.81. The molecule has 0 fully saturated rings. The van der Waals surface area contributed by atoms with E-state index in [2.05, 4.69) is 73.0 Å². The molecule has 0 saturated carbocycles. The zero-order valence-corrected chi connectivity index (χ0v) is 24.6. The van der Waals surface area contributed by atoms with Crippen LogP contribution in [0.3, 0.4) is 0 Å². The number of amides is 1. The number of rotatable bonds is 6. The quantitative estimate of drug-likeness (QED) is 0.215. The lowest BCUT2D eigenvalue weighted by Gasteiger charge is -2.24. The van der Waals surface area contributed by atoms with Gasteiger partial charge in [-0.2, -0.15) is 0 Å². The molecular weight excluding hydrogens is 520 g/mol. The molecule has 0 atom stereocenters. The first-order chi connectivity index (χ1) is 20.2. The Morgan fingerprint density at radius 3 is 2.43 bits per heavy atom. The minimum atomic E-state index is -0.192. The third-order valence-electron chi connectivity index (χ3n) is 7.75. The van der Waals surface area contributed by atoms with Gasteiger partial charge in [0, 0.05) is 29.4 Å². The molecule has 0 aliphatic carbocycles. The second-order valence-electron chi connectivity index (χ2n) is 11.7. The molecule has 1 amide bonds. The maximum atomic E-state index is 13.8. The summed E-state index contributed by atoms with van der Waals surface area (Å²) in [7, 11) is 0. The van der Waals surface area contributed by atoms with Gasteiger partial charge >= 0.3 is 0 Å². The number of hydrogen-bond acceptors (Lipinski definition) is 5. The number of benzene rings is 4. The first-order valence-electron chi connectivity index (χ1n) is 14.2. The van der Waals surface area contributed by atoms with Crippen LogP contribution >= 0.6 is 0 Å². The summed E-state index contributed by atoms with van der Waals surface area (Å²) in [4.78, 5) is 18.6. The second kappa shape index (κ2) is 10.8. The Morgan fingerprint density at radius 1 is 0.881 bits per heavy atom. The highest BCUT2D eigenvalue weighted by Gasteiger charge is 2.22. The van der Waals surface area contributed by atoms with Crippen molar-refractivity contribution in [2.75, 3.05) is 5.32 Å². The topological polar surface area (TPSA) is 80.0 Å². The molecule has 0 bridgehead atoms. The Hall–Kier alpha value is -4.97. The fourth-order valence-corrected chi connectivity index (χ4v) is 5.65. The van der Waals surface area contributed by atoms with Gasteiger partial charge in [0.2, 0.25) is 0 Å². The van der Waals surface area contributed by atoms with E-state index in [0.29, 0.717) is 12.1 Å². The predicted molar refractivity (Wildman–Crippen MR) is 170 cm³/mol. The highest BCUT2D eigenvalue weighted by atomic mass is 16.5. The van der Waals surface area contributed by atoms with E-state index in [9.17, 15) is 4.79 Å². The van der Waals surface area contributed by atoms with Crippen molar-refractivity contribution in [1.82, 2.24) is 15.5 Å². The molecule has 0 radical (unpaired) electrons. The van der Waals surface area contributed by atoms with Crippen molar-refractivity contribution < 1.29 is 9.32 Å². The third-order valence-corrected chi connectivity index (χ3v) is 7.75. The van der Waals surface area contributed by atoms with Crippen molar-refractivity contribution in [3.63, 3.8) is 0 Å². The molecule has 4 aromatic carbocycles. The van der Waals surface area contributed by atoms with Crippen LogP contribution in [0.2, 0.25) is 0 Å². The molecule has 0 aliphatic heterocycles. The molecule has 2 heterocycles. The first kappa shape index (κ1) is 27.2. The summed E-state index contributed by atoms with van der Waals surface area (Å²) >= 11 is 0. The van der Waals surface area contributed by atoms with Crippen molar-refractivity contribution in [2.24, 2.45) is 0 Å². The lowest BCUT2D eigenvalue weighted by atomic mass is 9.85. The molecule has 210 valence electrons. The SMILES string of the molecule is Cc1noc(C)c1-c1ccc2c(Nc3ccccc3C(C)(C)C)c(C(=O)NCc3cccc4ccccc34)cnc2c1. The average Bonchev–Trinajstić information content (AvgIpc) is 3.32. The Kier molecular flexibility index (Phi) is 6.99. The van der Waals surface area contributed by atoms with Crippen molar-refractivity contribution >= 4 is 39.0 Å². The molecule has 6 aromatic rings. The van der Waals surface area contributed by atoms with Gasteiger partial charge in [-0.25, -0.2) is 0 Å². The highest BCUT2D eigenvalue weighted by Crippen LogP contribution is 2.37. The van der Waals surface area contributed by atoms with Gasteiger partial charge in [0.25, 0.3) is 5.91 Å². The number of carbonyl (C=O) groups excluding carboxylic acids is 1. The molecular formula is C36H34N4O2. The van der Waals surface area contributed by atoms with E-state index < -0.39 is 0 Å². The number of nitrogens with zero attached hydrogens (tertiary/aromatic N) is 2. The molecule has 6 heteroatoms. The number of aryl methyl sites for hydroxylation is 2. The van der Waals surface area contributed by atoms with Crippen molar-refractivity contribution in [3.8, 4) is 11.1 Å². The second-order valence-corrected chi connectivity index (χ2v) is 11.7. The molecule has 2 N–H and O–H groups in total. The molecule has 42 heavy (non-hydrogen) atoms. The number of aromatic nitrogens is 2. The van der Waals surface area contributed by atoms with E-state index in [4.69, 9.17) is 9.51 Å². The summed E-state index contributed by atoms with van der Waals surface area (Å²) in [6.45, 7) is 10.8. The van der Waals surface area contributed by atoms with Gasteiger partial charge in [0.05, 0.1) is 22.5 Å². The third kappa shape index (κ3) is 5.12. The molecule has 6 rings (SSSR count). The molecule has 6 nitrogen and oxygen atoms in total. The Balaban J connectivity index is 1.43. The van der Waals surface area contributed by atoms with Crippen LogP contribution in [0.5, 0.6) is 0 Å². The van der Waals surface area contributed by atoms with E-state index in [0.717, 1.165) is 66.8 Å². The lowest BCUT2D eigenvalue weighted by molar-refractivity contribution is 0.0951. The smallest absolute Gasteiger partial charge is 0.255 e. The minimum Gasteiger partial charge on any atom is -0.361 e. The molecule has 2 aromatic heterocycles. The highest BCUT2D eigenvalue weighted by molar-refractivity contribution is 6.08. The molecule has 0 spiro atoms. The van der Waals surface area contributed by atoms with Gasteiger partial charge in [-0.1, -0.05) is 98.7 Å². The van der Waals surface area contributed by atoms with E-state index >= 15 is 0 Å². The standard InChI is InChI=1S/C36H34N4O2/c1-22-33(23(2)42-40-22)25-17-18-28-32(19-25)37-21-29(34(28)39-31-16-9-8-15-30(31)36(3,4)5)35(41)38-20-26-13-10-12-24-11-6-7-14-27(24)26/h6-19,21H,20H2,1-5H3,(H,37,39)(H,38,41). The van der Waals surface area contributed by atoms with Gasteiger partial charge < -0.3 is 15.2 Å². The summed E-state index contributed by atoms with van der Waals surface area (Å²) < 4.78 is 5.41. The zero-order chi connectivity index (χ0) is 29.4. The number of carbonyl (C=O) groups is 1. The van der Waals surface area contributed by atoms with Crippen LogP contribution < -0.4 is 10.6 Å². The fraction of sp³-hybridized carbons (Fsp3) is 0.194. The number of fused-ring (bicyclic) bond motifs is 2. The predicted octanol–water partition coefficient (Wildman–Crippen LogP) is 8.63. The number of nitrogens with one attached hydrogen (secondary N) is 2. The van der Waals surface area contributed by atoms with E-state index in [-0.39, 0.29) is 11.3 Å². The zero-order valence-electron chi connectivity index (χ0n) is 24.6. The Labute approximate surface area is 245 Å². The molecule has 0 unspecified atom stereocenters. The van der Waals surface area contributed by atoms with Gasteiger partial charge in [-0.3, -0.25) is 9.78 Å². The van der Waals surface area contributed by atoms with Crippen molar-refractivity contribution in [2.45, 2.75) is 46.6 Å². The number of pyridine rings is 1. The fourth-order valence-electron chi connectivity index (χ4n) is 5.65. The van der Waals surface area contributed by atoms with Crippen LogP contribution in [0.1, 0.15) is 53.7 Å². The van der Waals surface area contributed by atoms with E-state index in [1.54, 1.807) is 6.20 Å². The van der Waals surface area contributed by atoms with Gasteiger partial charge in [-0.15, -0.1) is 0 Å². The van der Waals surface area contributed by atoms with Gasteiger partial charge in [0.1, 0.15) is 5.76 Å². The van der Waals surface area contributed by atoms with Crippen LogP contribution in [-0.4, -0.2) is 16.0 Å². The Bertz CT molecular complexity index is 1920. The minimum absolute atomic E-state index is 0.0975. The average molecular weight is 555 g/mol. The number of para-hydroxylation sites is 1. The first-order valence-corrected chi connectivity index (χ1v) is 14.2. The lowest BCUT2D eigenvalue weighted by Crippen LogP contribution is -2.24. The number of anilines is 2. The summed E-state index contributed by atoms with van der Waals surface area (Å²) in [5.74, 6) is 0.566.